The van der Waals surface area contributed by atoms with Gasteiger partial charge in [0.15, 0.2) is 0 Å². The second-order valence-electron chi connectivity index (χ2n) is 8.50. The summed E-state index contributed by atoms with van der Waals surface area (Å²) < 4.78 is 21.0. The van der Waals surface area contributed by atoms with Crippen molar-refractivity contribution in [3.8, 4) is 0 Å². The molecule has 0 unspecified atom stereocenters. The van der Waals surface area contributed by atoms with Crippen LogP contribution in [0.25, 0.3) is 10.9 Å². The minimum atomic E-state index is -0.525. The Morgan fingerprint density at radius 2 is 1.94 bits per heavy atom. The topological polar surface area (TPSA) is 77.3 Å². The predicted molar refractivity (Wildman–Crippen MR) is 132 cm³/mol. The molecular weight excluding hydrogens is 447 g/mol. The number of benzene rings is 1. The molecule has 0 N–H and O–H groups in total. The summed E-state index contributed by atoms with van der Waals surface area (Å²) in [4.78, 5) is 36.0. The van der Waals surface area contributed by atoms with Gasteiger partial charge in [0.05, 0.1) is 53.6 Å². The van der Waals surface area contributed by atoms with Crippen molar-refractivity contribution in [2.75, 3.05) is 18.6 Å². The Bertz CT molecular complexity index is 1380. The summed E-state index contributed by atoms with van der Waals surface area (Å²) in [6.45, 7) is 6.45. The van der Waals surface area contributed by atoms with Gasteiger partial charge >= 0.3 is 5.97 Å². The molecule has 8 heteroatoms. The van der Waals surface area contributed by atoms with E-state index in [1.165, 1.54) is 17.2 Å². The van der Waals surface area contributed by atoms with Gasteiger partial charge in [-0.25, -0.2) is 9.18 Å². The number of rotatable bonds is 7. The Balaban J connectivity index is 1.94. The van der Waals surface area contributed by atoms with Gasteiger partial charge in [0.25, 0.3) is 5.91 Å². The van der Waals surface area contributed by atoms with Gasteiger partial charge in [0, 0.05) is 30.4 Å². The zero-order valence-corrected chi connectivity index (χ0v) is 20.2. The van der Waals surface area contributed by atoms with Gasteiger partial charge in [-0.2, -0.15) is 0 Å². The van der Waals surface area contributed by atoms with Gasteiger partial charge in [-0.1, -0.05) is 26.0 Å². The third-order valence-electron chi connectivity index (χ3n) is 5.81. The van der Waals surface area contributed by atoms with E-state index >= 15 is 0 Å². The van der Waals surface area contributed by atoms with Crippen LogP contribution in [-0.4, -0.2) is 40.1 Å². The molecule has 35 heavy (non-hydrogen) atoms. The molecule has 1 amide bonds. The van der Waals surface area contributed by atoms with E-state index in [1.54, 1.807) is 38.4 Å². The molecule has 4 aromatic rings. The molecule has 0 aliphatic carbocycles. The molecule has 0 bridgehead atoms. The van der Waals surface area contributed by atoms with Crippen LogP contribution in [0.1, 0.15) is 58.8 Å². The van der Waals surface area contributed by atoms with Crippen LogP contribution in [0.2, 0.25) is 0 Å². The van der Waals surface area contributed by atoms with E-state index in [-0.39, 0.29) is 18.4 Å². The first-order valence-corrected chi connectivity index (χ1v) is 11.4. The number of esters is 1. The van der Waals surface area contributed by atoms with Crippen molar-refractivity contribution >= 4 is 28.5 Å². The van der Waals surface area contributed by atoms with Gasteiger partial charge in [-0.15, -0.1) is 0 Å². The smallest absolute Gasteiger partial charge is 0.338 e. The number of aromatic nitrogens is 3. The standard InChI is InChI=1S/C27H27FN4O3/c1-5-35-27(34)18-9-10-22-23(12-18)32(16-20-8-6-7-11-30-20)25(17(2)3)24(22)26(33)31(4)21-13-19(28)14-29-15-21/h6-15,17H,5,16H2,1-4H3. The van der Waals surface area contributed by atoms with E-state index in [2.05, 4.69) is 9.97 Å². The highest BCUT2D eigenvalue weighted by Gasteiger charge is 2.28. The minimum Gasteiger partial charge on any atom is -0.462 e. The Hall–Kier alpha value is -4.07. The average Bonchev–Trinajstić information content (AvgIpc) is 3.17. The molecule has 0 spiro atoms. The molecule has 4 rings (SSSR count). The van der Waals surface area contributed by atoms with E-state index < -0.39 is 11.8 Å². The molecule has 0 radical (unpaired) electrons. The first-order valence-electron chi connectivity index (χ1n) is 11.4. The maximum Gasteiger partial charge on any atom is 0.338 e. The van der Waals surface area contributed by atoms with Crippen molar-refractivity contribution in [1.82, 2.24) is 14.5 Å². The molecule has 3 aromatic heterocycles. The first kappa shape index (κ1) is 24.1. The highest BCUT2D eigenvalue weighted by atomic mass is 19.1. The number of carbonyl (C=O) groups excluding carboxylic acids is 2. The molecule has 0 fully saturated rings. The van der Waals surface area contributed by atoms with Crippen molar-refractivity contribution in [3.63, 3.8) is 0 Å². The molecule has 0 aliphatic heterocycles. The summed E-state index contributed by atoms with van der Waals surface area (Å²) in [5.74, 6) is -1.28. The molecule has 0 atom stereocenters. The van der Waals surface area contributed by atoms with E-state index in [9.17, 15) is 14.0 Å². The number of amides is 1. The Morgan fingerprint density at radius 1 is 1.14 bits per heavy atom. The average molecular weight is 475 g/mol. The fourth-order valence-corrected chi connectivity index (χ4v) is 4.23. The number of hydrogen-bond acceptors (Lipinski definition) is 5. The van der Waals surface area contributed by atoms with Crippen molar-refractivity contribution in [1.29, 1.82) is 0 Å². The Morgan fingerprint density at radius 3 is 2.60 bits per heavy atom. The van der Waals surface area contributed by atoms with Crippen molar-refractivity contribution in [3.05, 3.63) is 89.4 Å². The van der Waals surface area contributed by atoms with Gasteiger partial charge in [0.2, 0.25) is 0 Å². The van der Waals surface area contributed by atoms with Crippen LogP contribution >= 0.6 is 0 Å². The van der Waals surface area contributed by atoms with Crippen LogP contribution in [0.4, 0.5) is 10.1 Å². The summed E-state index contributed by atoms with van der Waals surface area (Å²) in [6.07, 6.45) is 4.26. The number of hydrogen-bond donors (Lipinski definition) is 0. The monoisotopic (exact) mass is 474 g/mol. The second-order valence-corrected chi connectivity index (χ2v) is 8.50. The van der Waals surface area contributed by atoms with Crippen LogP contribution in [0.3, 0.4) is 0 Å². The third kappa shape index (κ3) is 4.77. The fourth-order valence-electron chi connectivity index (χ4n) is 4.23. The number of fused-ring (bicyclic) bond motifs is 1. The highest BCUT2D eigenvalue weighted by molar-refractivity contribution is 6.15. The number of anilines is 1. The Kier molecular flexibility index (Phi) is 6.91. The molecule has 180 valence electrons. The zero-order chi connectivity index (χ0) is 25.1. The number of nitrogens with zero attached hydrogens (tertiary/aromatic N) is 4. The quantitative estimate of drug-likeness (QED) is 0.344. The number of carbonyl (C=O) groups is 2. The second kappa shape index (κ2) is 10.0. The van der Waals surface area contributed by atoms with Crippen molar-refractivity contribution in [2.45, 2.75) is 33.2 Å². The molecule has 0 aliphatic rings. The zero-order valence-electron chi connectivity index (χ0n) is 20.2. The minimum absolute atomic E-state index is 0.0323. The molecule has 0 saturated heterocycles. The van der Waals surface area contributed by atoms with E-state index in [1.807, 2.05) is 36.6 Å². The summed E-state index contributed by atoms with van der Waals surface area (Å²) in [5.41, 5.74) is 3.57. The lowest BCUT2D eigenvalue weighted by atomic mass is 10.0. The van der Waals surface area contributed by atoms with Gasteiger partial charge in [-0.05, 0) is 37.1 Å². The summed E-state index contributed by atoms with van der Waals surface area (Å²) >= 11 is 0. The maximum atomic E-state index is 13.8. The van der Waals surface area contributed by atoms with Crippen LogP contribution in [0.5, 0.6) is 0 Å². The molecule has 7 nitrogen and oxygen atoms in total. The Labute approximate surface area is 203 Å². The maximum absolute atomic E-state index is 13.8. The lowest BCUT2D eigenvalue weighted by Gasteiger charge is -2.20. The summed E-state index contributed by atoms with van der Waals surface area (Å²) in [7, 11) is 1.60. The van der Waals surface area contributed by atoms with Gasteiger partial charge < -0.3 is 14.2 Å². The lowest BCUT2D eigenvalue weighted by Crippen LogP contribution is -2.27. The van der Waals surface area contributed by atoms with E-state index in [4.69, 9.17) is 4.74 Å². The fraction of sp³-hybridized carbons (Fsp3) is 0.259. The van der Waals surface area contributed by atoms with E-state index in [0.717, 1.165) is 23.1 Å². The van der Waals surface area contributed by atoms with Crippen LogP contribution in [0.15, 0.2) is 61.1 Å². The lowest BCUT2D eigenvalue weighted by molar-refractivity contribution is 0.0526. The van der Waals surface area contributed by atoms with E-state index in [0.29, 0.717) is 28.7 Å². The van der Waals surface area contributed by atoms with Crippen LogP contribution in [-0.2, 0) is 11.3 Å². The number of ether oxygens (including phenoxy) is 1. The molecule has 3 heterocycles. The molecule has 0 saturated carbocycles. The summed E-state index contributed by atoms with van der Waals surface area (Å²) in [6, 6.07) is 12.1. The largest absolute Gasteiger partial charge is 0.462 e. The number of pyridine rings is 2. The van der Waals surface area contributed by atoms with Crippen LogP contribution < -0.4 is 4.90 Å². The van der Waals surface area contributed by atoms with Crippen molar-refractivity contribution < 1.29 is 18.7 Å². The summed E-state index contributed by atoms with van der Waals surface area (Å²) in [5, 5.41) is 0.693. The van der Waals surface area contributed by atoms with Gasteiger partial charge in [0.1, 0.15) is 5.82 Å². The van der Waals surface area contributed by atoms with Gasteiger partial charge in [-0.3, -0.25) is 14.8 Å². The predicted octanol–water partition coefficient (Wildman–Crippen LogP) is 5.20. The normalized spacial score (nSPS) is 11.1. The molecular formula is C27H27FN4O3. The highest BCUT2D eigenvalue weighted by Crippen LogP contribution is 2.34. The SMILES string of the molecule is CCOC(=O)c1ccc2c(C(=O)N(C)c3cncc(F)c3)c(C(C)C)n(Cc3ccccn3)c2c1. The van der Waals surface area contributed by atoms with Crippen LogP contribution in [0, 0.1) is 5.82 Å². The number of halogens is 1. The first-order chi connectivity index (χ1) is 16.8. The molecule has 1 aromatic carbocycles. The third-order valence-corrected chi connectivity index (χ3v) is 5.81. The van der Waals surface area contributed by atoms with Crippen molar-refractivity contribution in [2.24, 2.45) is 0 Å².